The zero-order chi connectivity index (χ0) is 38.8. The quantitative estimate of drug-likeness (QED) is 0.389. The topological polar surface area (TPSA) is 147 Å². The van der Waals surface area contributed by atoms with Gasteiger partial charge in [0.15, 0.2) is 0 Å². The molecule has 0 aromatic heterocycles. The first-order chi connectivity index (χ1) is 23.3. The Balaban J connectivity index is 2.54. The summed E-state index contributed by atoms with van der Waals surface area (Å²) in [5.41, 5.74) is -2.36. The maximum absolute atomic E-state index is 14.4. The highest BCUT2D eigenvalue weighted by Gasteiger charge is 2.33. The number of alkyl carbamates (subject to hydrolysis) is 1. The number of carbonyl (C=O) groups is 5. The Hall–Kier alpha value is -4.23. The molecular formula is C37H61N5O9. The van der Waals surface area contributed by atoms with Gasteiger partial charge in [-0.1, -0.05) is 30.3 Å². The lowest BCUT2D eigenvalue weighted by atomic mass is 10.0. The number of hydrogen-bond donors (Lipinski definition) is 1. The molecule has 1 atom stereocenters. The van der Waals surface area contributed by atoms with E-state index >= 15 is 0 Å². The third kappa shape index (κ3) is 17.0. The summed E-state index contributed by atoms with van der Waals surface area (Å²) in [6.07, 6.45) is -2.40. The SMILES string of the molecule is CC(C)(C)OC(=O)N[C@H](Cc1ccccc1)C(=O)N1CCN(C(=O)OC(C)(C)C)CCN(C(=O)OC(C)(C)C)CCN(C(=O)OC(C)(C)C)CC1. The lowest BCUT2D eigenvalue weighted by molar-refractivity contribution is -0.134. The molecule has 1 heterocycles. The molecule has 288 valence electrons. The summed E-state index contributed by atoms with van der Waals surface area (Å²) in [7, 11) is 0. The second-order valence-electron chi connectivity index (χ2n) is 16.6. The van der Waals surface area contributed by atoms with E-state index in [0.717, 1.165) is 5.56 Å². The summed E-state index contributed by atoms with van der Waals surface area (Å²) >= 11 is 0. The number of benzene rings is 1. The van der Waals surface area contributed by atoms with Crippen LogP contribution in [-0.4, -0.2) is 131 Å². The number of ether oxygens (including phenoxy) is 4. The van der Waals surface area contributed by atoms with Gasteiger partial charge in [-0.15, -0.1) is 0 Å². The van der Waals surface area contributed by atoms with Gasteiger partial charge in [-0.3, -0.25) is 4.79 Å². The molecule has 0 aliphatic carbocycles. The van der Waals surface area contributed by atoms with Gasteiger partial charge in [-0.2, -0.15) is 0 Å². The van der Waals surface area contributed by atoms with Crippen molar-refractivity contribution in [2.75, 3.05) is 52.4 Å². The molecule has 1 N–H and O–H groups in total. The second kappa shape index (κ2) is 17.8. The van der Waals surface area contributed by atoms with Gasteiger partial charge in [0.05, 0.1) is 0 Å². The van der Waals surface area contributed by atoms with Crippen LogP contribution in [0.3, 0.4) is 0 Å². The van der Waals surface area contributed by atoms with Crippen molar-refractivity contribution in [3.63, 3.8) is 0 Å². The highest BCUT2D eigenvalue weighted by molar-refractivity contribution is 5.86. The zero-order valence-corrected chi connectivity index (χ0v) is 32.8. The number of nitrogens with one attached hydrogen (secondary N) is 1. The van der Waals surface area contributed by atoms with Gasteiger partial charge in [0.1, 0.15) is 28.4 Å². The number of amides is 5. The summed E-state index contributed by atoms with van der Waals surface area (Å²) in [6.45, 7) is 21.4. The highest BCUT2D eigenvalue weighted by atomic mass is 16.6. The van der Waals surface area contributed by atoms with E-state index in [1.165, 1.54) is 19.6 Å². The molecule has 0 bridgehead atoms. The molecule has 1 aromatic rings. The van der Waals surface area contributed by atoms with Crippen LogP contribution in [0.5, 0.6) is 0 Å². The normalized spacial score (nSPS) is 16.2. The van der Waals surface area contributed by atoms with Gasteiger partial charge in [-0.05, 0) is 88.6 Å². The van der Waals surface area contributed by atoms with Crippen molar-refractivity contribution in [2.45, 2.75) is 118 Å². The Morgan fingerprint density at radius 1 is 0.529 bits per heavy atom. The minimum Gasteiger partial charge on any atom is -0.444 e. The van der Waals surface area contributed by atoms with Crippen LogP contribution in [0.2, 0.25) is 0 Å². The lowest BCUT2D eigenvalue weighted by Crippen LogP contribution is -2.55. The van der Waals surface area contributed by atoms with Crippen LogP contribution in [0.1, 0.15) is 88.6 Å². The van der Waals surface area contributed by atoms with E-state index < -0.39 is 58.7 Å². The fourth-order valence-electron chi connectivity index (χ4n) is 4.88. The third-order valence-electron chi connectivity index (χ3n) is 7.10. The molecule has 0 saturated carbocycles. The second-order valence-corrected chi connectivity index (χ2v) is 16.6. The average molecular weight is 720 g/mol. The van der Waals surface area contributed by atoms with Gasteiger partial charge in [0.2, 0.25) is 5.91 Å². The Morgan fingerprint density at radius 2 is 0.843 bits per heavy atom. The fourth-order valence-corrected chi connectivity index (χ4v) is 4.88. The van der Waals surface area contributed by atoms with E-state index in [0.29, 0.717) is 0 Å². The average Bonchev–Trinajstić information content (AvgIpc) is 2.93. The molecule has 0 spiro atoms. The van der Waals surface area contributed by atoms with E-state index in [1.54, 1.807) is 83.1 Å². The first-order valence-corrected chi connectivity index (χ1v) is 17.6. The van der Waals surface area contributed by atoms with Gasteiger partial charge >= 0.3 is 24.4 Å². The van der Waals surface area contributed by atoms with Crippen molar-refractivity contribution in [3.05, 3.63) is 35.9 Å². The van der Waals surface area contributed by atoms with Crippen LogP contribution < -0.4 is 5.32 Å². The summed E-state index contributed by atoms with van der Waals surface area (Å²) in [6, 6.07) is 8.24. The Labute approximate surface area is 304 Å². The Morgan fingerprint density at radius 3 is 1.16 bits per heavy atom. The predicted octanol–water partition coefficient (Wildman–Crippen LogP) is 5.68. The van der Waals surface area contributed by atoms with Crippen LogP contribution >= 0.6 is 0 Å². The van der Waals surface area contributed by atoms with E-state index in [4.69, 9.17) is 18.9 Å². The van der Waals surface area contributed by atoms with Gasteiger partial charge in [0.25, 0.3) is 0 Å². The first-order valence-electron chi connectivity index (χ1n) is 17.6. The maximum Gasteiger partial charge on any atom is 0.410 e. The van der Waals surface area contributed by atoms with Crippen molar-refractivity contribution in [1.29, 1.82) is 0 Å². The van der Waals surface area contributed by atoms with E-state index in [9.17, 15) is 24.0 Å². The van der Waals surface area contributed by atoms with Crippen molar-refractivity contribution in [2.24, 2.45) is 0 Å². The zero-order valence-electron chi connectivity index (χ0n) is 32.8. The molecule has 51 heavy (non-hydrogen) atoms. The summed E-state index contributed by atoms with van der Waals surface area (Å²) in [5.74, 6) is -0.426. The molecule has 1 fully saturated rings. The minimum atomic E-state index is -1.03. The van der Waals surface area contributed by atoms with E-state index in [1.807, 2.05) is 30.3 Å². The first kappa shape index (κ1) is 42.9. The predicted molar refractivity (Wildman–Crippen MR) is 193 cm³/mol. The number of hydrogen-bond acceptors (Lipinski definition) is 9. The largest absolute Gasteiger partial charge is 0.444 e. The summed E-state index contributed by atoms with van der Waals surface area (Å²) < 4.78 is 22.6. The smallest absolute Gasteiger partial charge is 0.410 e. The molecule has 1 aliphatic rings. The molecule has 0 radical (unpaired) electrons. The van der Waals surface area contributed by atoms with Crippen molar-refractivity contribution in [1.82, 2.24) is 24.9 Å². The van der Waals surface area contributed by atoms with Crippen molar-refractivity contribution < 1.29 is 42.9 Å². The third-order valence-corrected chi connectivity index (χ3v) is 7.10. The minimum absolute atomic E-state index is 0.0357. The Bertz CT molecular complexity index is 1280. The molecule has 14 heteroatoms. The molecule has 14 nitrogen and oxygen atoms in total. The lowest BCUT2D eigenvalue weighted by Gasteiger charge is -2.36. The number of carbonyl (C=O) groups excluding carboxylic acids is 5. The highest BCUT2D eigenvalue weighted by Crippen LogP contribution is 2.16. The Kier molecular flexibility index (Phi) is 15.0. The fraction of sp³-hybridized carbons (Fsp3) is 0.703. The van der Waals surface area contributed by atoms with Crippen LogP contribution in [-0.2, 0) is 30.2 Å². The van der Waals surface area contributed by atoms with Crippen LogP contribution in [0.4, 0.5) is 19.2 Å². The monoisotopic (exact) mass is 719 g/mol. The van der Waals surface area contributed by atoms with Crippen LogP contribution in [0.25, 0.3) is 0 Å². The van der Waals surface area contributed by atoms with Crippen LogP contribution in [0, 0.1) is 0 Å². The van der Waals surface area contributed by atoms with Crippen molar-refractivity contribution >= 4 is 30.3 Å². The molecule has 1 saturated heterocycles. The summed E-state index contributed by atoms with van der Waals surface area (Å²) in [5, 5.41) is 2.75. The van der Waals surface area contributed by atoms with Gasteiger partial charge in [-0.25, -0.2) is 19.2 Å². The van der Waals surface area contributed by atoms with Gasteiger partial charge < -0.3 is 43.9 Å². The van der Waals surface area contributed by atoms with Gasteiger partial charge in [0, 0.05) is 58.8 Å². The molecule has 0 unspecified atom stereocenters. The molecule has 2 rings (SSSR count). The standard InChI is InChI=1S/C37H61N5O9/c1-34(2,3)48-30(44)38-28(26-27-16-14-13-15-17-27)29(43)39-18-20-40(31(45)49-35(4,5)6)22-24-42(33(47)51-37(10,11)12)25-23-41(21-19-39)32(46)50-36(7,8)9/h13-17,28H,18-26H2,1-12H3,(H,38,44)/t28-/m1/s1. The molecular weight excluding hydrogens is 658 g/mol. The molecule has 1 aromatic carbocycles. The van der Waals surface area contributed by atoms with E-state index in [2.05, 4.69) is 5.32 Å². The van der Waals surface area contributed by atoms with E-state index in [-0.39, 0.29) is 58.8 Å². The number of nitrogens with zero attached hydrogens (tertiary/aromatic N) is 4. The van der Waals surface area contributed by atoms with Crippen LogP contribution in [0.15, 0.2) is 30.3 Å². The van der Waals surface area contributed by atoms with Crippen molar-refractivity contribution in [3.8, 4) is 0 Å². The molecule has 1 aliphatic heterocycles. The molecule has 5 amide bonds. The number of rotatable bonds is 4. The summed E-state index contributed by atoms with van der Waals surface area (Å²) in [4.78, 5) is 73.5. The maximum atomic E-state index is 14.4.